The maximum atomic E-state index is 14.3. The number of amides is 1. The molecule has 9 heteroatoms. The number of hydrogen-bond acceptors (Lipinski definition) is 4. The van der Waals surface area contributed by atoms with Gasteiger partial charge in [0.25, 0.3) is 0 Å². The number of anilines is 1. The van der Waals surface area contributed by atoms with Crippen molar-refractivity contribution in [1.82, 2.24) is 5.32 Å². The van der Waals surface area contributed by atoms with Crippen LogP contribution in [0, 0.1) is 5.82 Å². The molecule has 150 valence electrons. The van der Waals surface area contributed by atoms with Gasteiger partial charge in [-0.25, -0.2) is 4.39 Å². The molecule has 1 fully saturated rings. The van der Waals surface area contributed by atoms with Crippen molar-refractivity contribution in [3.05, 3.63) is 53.8 Å². The Morgan fingerprint density at radius 3 is 2.68 bits per heavy atom. The van der Waals surface area contributed by atoms with Crippen LogP contribution < -0.4 is 15.4 Å². The van der Waals surface area contributed by atoms with Crippen LogP contribution in [0.4, 0.5) is 23.2 Å². The van der Waals surface area contributed by atoms with E-state index in [1.165, 1.54) is 24.3 Å². The van der Waals surface area contributed by atoms with Crippen molar-refractivity contribution in [2.75, 3.05) is 25.1 Å². The van der Waals surface area contributed by atoms with Gasteiger partial charge in [-0.3, -0.25) is 4.79 Å². The molecule has 0 aromatic heterocycles. The molecule has 3 rings (SSSR count). The van der Waals surface area contributed by atoms with Gasteiger partial charge >= 0.3 is 6.18 Å². The van der Waals surface area contributed by atoms with Gasteiger partial charge in [0.1, 0.15) is 5.75 Å². The lowest BCUT2D eigenvalue weighted by Crippen LogP contribution is -2.43. The van der Waals surface area contributed by atoms with Gasteiger partial charge in [-0.15, -0.1) is 0 Å². The minimum Gasteiger partial charge on any atom is -0.454 e. The fourth-order valence-electron chi connectivity index (χ4n) is 2.76. The van der Waals surface area contributed by atoms with Gasteiger partial charge in [0.2, 0.25) is 5.91 Å². The largest absolute Gasteiger partial charge is 0.454 e. The van der Waals surface area contributed by atoms with Gasteiger partial charge in [-0.2, -0.15) is 13.2 Å². The summed E-state index contributed by atoms with van der Waals surface area (Å²) in [5.41, 5.74) is -0.829. The second-order valence-electron chi connectivity index (χ2n) is 6.22. The van der Waals surface area contributed by atoms with Crippen molar-refractivity contribution in [1.29, 1.82) is 0 Å². The van der Waals surface area contributed by atoms with Crippen molar-refractivity contribution in [3.8, 4) is 11.5 Å². The Morgan fingerprint density at radius 2 is 2.00 bits per heavy atom. The Kier molecular flexibility index (Phi) is 6.15. The van der Waals surface area contributed by atoms with E-state index in [1.807, 2.05) is 0 Å². The van der Waals surface area contributed by atoms with Crippen LogP contribution in [-0.4, -0.2) is 31.7 Å². The minimum absolute atomic E-state index is 0.125. The third-order valence-corrected chi connectivity index (χ3v) is 4.06. The summed E-state index contributed by atoms with van der Waals surface area (Å²) in [7, 11) is 0. The van der Waals surface area contributed by atoms with Crippen molar-refractivity contribution >= 4 is 11.6 Å². The highest BCUT2D eigenvalue weighted by atomic mass is 19.4. The van der Waals surface area contributed by atoms with Crippen LogP contribution in [0.1, 0.15) is 12.0 Å². The molecule has 1 aliphatic rings. The van der Waals surface area contributed by atoms with Crippen LogP contribution in [-0.2, 0) is 15.7 Å². The third kappa shape index (κ3) is 5.20. The molecular weight excluding hydrogens is 380 g/mol. The van der Waals surface area contributed by atoms with Crippen molar-refractivity contribution in [2.45, 2.75) is 18.6 Å². The molecule has 0 spiro atoms. The number of carbonyl (C=O) groups excluding carboxylic acids is 1. The molecule has 5 nitrogen and oxygen atoms in total. The molecule has 1 heterocycles. The number of morpholine rings is 1. The van der Waals surface area contributed by atoms with E-state index < -0.39 is 23.3 Å². The maximum absolute atomic E-state index is 14.3. The van der Waals surface area contributed by atoms with Crippen LogP contribution in [0.25, 0.3) is 0 Å². The zero-order valence-corrected chi connectivity index (χ0v) is 14.7. The lowest BCUT2D eigenvalue weighted by molar-refractivity contribution is -0.138. The highest BCUT2D eigenvalue weighted by molar-refractivity contribution is 5.91. The number of nitrogens with one attached hydrogen (secondary N) is 2. The number of halogens is 4. The zero-order chi connectivity index (χ0) is 20.1. The number of hydrogen-bond donors (Lipinski definition) is 2. The molecule has 1 unspecified atom stereocenters. The van der Waals surface area contributed by atoms with Gasteiger partial charge in [0.05, 0.1) is 18.8 Å². The fraction of sp³-hybridized carbons (Fsp3) is 0.316. The first-order valence-corrected chi connectivity index (χ1v) is 8.57. The first kappa shape index (κ1) is 20.1. The monoisotopic (exact) mass is 398 g/mol. The van der Waals surface area contributed by atoms with Crippen molar-refractivity contribution < 1.29 is 31.8 Å². The predicted octanol–water partition coefficient (Wildman–Crippen LogP) is 3.95. The molecule has 1 aliphatic heterocycles. The topological polar surface area (TPSA) is 59.6 Å². The van der Waals surface area contributed by atoms with E-state index in [4.69, 9.17) is 9.47 Å². The van der Waals surface area contributed by atoms with E-state index in [0.717, 1.165) is 18.2 Å². The average molecular weight is 398 g/mol. The highest BCUT2D eigenvalue weighted by Gasteiger charge is 2.34. The Labute approximate surface area is 158 Å². The smallest absolute Gasteiger partial charge is 0.419 e. The second kappa shape index (κ2) is 8.57. The highest BCUT2D eigenvalue weighted by Crippen LogP contribution is 2.38. The Bertz CT molecular complexity index is 836. The maximum Gasteiger partial charge on any atom is 0.419 e. The number of para-hydroxylation sites is 1. The van der Waals surface area contributed by atoms with Crippen molar-refractivity contribution in [2.24, 2.45) is 0 Å². The number of ether oxygens (including phenoxy) is 2. The summed E-state index contributed by atoms with van der Waals surface area (Å²) in [6.07, 6.45) is -4.48. The molecule has 2 aromatic carbocycles. The van der Waals surface area contributed by atoms with Gasteiger partial charge in [-0.05, 0) is 24.3 Å². The molecule has 1 saturated heterocycles. The summed E-state index contributed by atoms with van der Waals surface area (Å²) in [6, 6.07) is 7.94. The minimum atomic E-state index is -4.63. The quantitative estimate of drug-likeness (QED) is 0.749. The summed E-state index contributed by atoms with van der Waals surface area (Å²) in [5, 5.41) is 5.68. The fourth-order valence-corrected chi connectivity index (χ4v) is 2.76. The normalized spacial score (nSPS) is 17.2. The van der Waals surface area contributed by atoms with Gasteiger partial charge in [0, 0.05) is 30.8 Å². The average Bonchev–Trinajstić information content (AvgIpc) is 2.64. The lowest BCUT2D eigenvalue weighted by Gasteiger charge is -2.23. The summed E-state index contributed by atoms with van der Waals surface area (Å²) in [5.74, 6) is -2.11. The van der Waals surface area contributed by atoms with E-state index >= 15 is 0 Å². The van der Waals surface area contributed by atoms with Gasteiger partial charge in [-0.1, -0.05) is 12.1 Å². The van der Waals surface area contributed by atoms with E-state index in [1.54, 1.807) is 0 Å². The molecule has 0 aliphatic carbocycles. The van der Waals surface area contributed by atoms with E-state index in [9.17, 15) is 22.4 Å². The van der Waals surface area contributed by atoms with Gasteiger partial charge < -0.3 is 20.1 Å². The Morgan fingerprint density at radius 1 is 1.21 bits per heavy atom. The van der Waals surface area contributed by atoms with Crippen LogP contribution in [0.5, 0.6) is 11.5 Å². The molecule has 0 radical (unpaired) electrons. The molecule has 0 bridgehead atoms. The number of alkyl halides is 3. The van der Waals surface area contributed by atoms with Crippen LogP contribution in [0.15, 0.2) is 42.5 Å². The number of benzene rings is 2. The van der Waals surface area contributed by atoms with E-state index in [0.29, 0.717) is 19.8 Å². The zero-order valence-electron chi connectivity index (χ0n) is 14.7. The first-order valence-electron chi connectivity index (χ1n) is 8.57. The summed E-state index contributed by atoms with van der Waals surface area (Å²) >= 11 is 0. The molecule has 0 saturated carbocycles. The molecule has 1 atom stereocenters. The van der Waals surface area contributed by atoms with Crippen molar-refractivity contribution in [3.63, 3.8) is 0 Å². The molecule has 2 aromatic rings. The molecule has 28 heavy (non-hydrogen) atoms. The lowest BCUT2D eigenvalue weighted by atomic mass is 10.2. The molecular formula is C19H18F4N2O3. The van der Waals surface area contributed by atoms with Crippen LogP contribution in [0.2, 0.25) is 0 Å². The van der Waals surface area contributed by atoms with E-state index in [2.05, 4.69) is 10.6 Å². The first-order chi connectivity index (χ1) is 13.3. The van der Waals surface area contributed by atoms with Gasteiger partial charge in [0.15, 0.2) is 11.6 Å². The van der Waals surface area contributed by atoms with Crippen LogP contribution >= 0.6 is 0 Å². The predicted molar refractivity (Wildman–Crippen MR) is 93.8 cm³/mol. The van der Waals surface area contributed by atoms with Crippen LogP contribution in [0.3, 0.4) is 0 Å². The molecule has 1 amide bonds. The SMILES string of the molecule is O=C(CC1COCCN1)Nc1ccc(Oc2ccccc2C(F)(F)F)c(F)c1. The summed E-state index contributed by atoms with van der Waals surface area (Å²) < 4.78 is 63.7. The summed E-state index contributed by atoms with van der Waals surface area (Å²) in [6.45, 7) is 1.65. The number of rotatable bonds is 5. The number of carbonyl (C=O) groups is 1. The summed E-state index contributed by atoms with van der Waals surface area (Å²) in [4.78, 5) is 12.0. The van der Waals surface area contributed by atoms with E-state index in [-0.39, 0.29) is 29.8 Å². The standard InChI is InChI=1S/C19H18F4N2O3/c20-15-9-12(25-18(26)10-13-11-27-8-7-24-13)5-6-17(15)28-16-4-2-1-3-14(16)19(21,22)23/h1-6,9,13,24H,7-8,10-11H2,(H,25,26). The second-order valence-corrected chi connectivity index (χ2v) is 6.22. The Hall–Kier alpha value is -2.65. The third-order valence-electron chi connectivity index (χ3n) is 4.06. The Balaban J connectivity index is 1.67. The molecule has 2 N–H and O–H groups in total.